The van der Waals surface area contributed by atoms with Crippen LogP contribution in [0.25, 0.3) is 0 Å². The van der Waals surface area contributed by atoms with Crippen molar-refractivity contribution in [1.29, 1.82) is 0 Å². The monoisotopic (exact) mass is 260 g/mol. The van der Waals surface area contributed by atoms with Crippen molar-refractivity contribution in [2.24, 2.45) is 5.92 Å². The van der Waals surface area contributed by atoms with Gasteiger partial charge in [-0.2, -0.15) is 0 Å². The van der Waals surface area contributed by atoms with Gasteiger partial charge in [0.15, 0.2) is 0 Å². The van der Waals surface area contributed by atoms with Crippen molar-refractivity contribution in [1.82, 2.24) is 0 Å². The van der Waals surface area contributed by atoms with E-state index in [1.54, 1.807) is 24.3 Å². The number of hydrogen-bond acceptors (Lipinski definition) is 2. The van der Waals surface area contributed by atoms with Gasteiger partial charge in [-0.25, -0.2) is 4.39 Å². The van der Waals surface area contributed by atoms with Crippen molar-refractivity contribution in [2.75, 3.05) is 0 Å². The van der Waals surface area contributed by atoms with Gasteiger partial charge in [0.25, 0.3) is 0 Å². The Labute approximate surface area is 111 Å². The zero-order valence-corrected chi connectivity index (χ0v) is 10.8. The third-order valence-corrected chi connectivity index (χ3v) is 3.82. The van der Waals surface area contributed by atoms with Gasteiger partial charge in [0.1, 0.15) is 23.4 Å². The molecule has 2 nitrogen and oxygen atoms in total. The number of halogens is 1. The molecule has 1 heterocycles. The Balaban J connectivity index is 1.72. The van der Waals surface area contributed by atoms with E-state index in [4.69, 9.17) is 4.42 Å². The fraction of sp³-hybridized carbons (Fsp3) is 0.375. The molecule has 1 aliphatic carbocycles. The summed E-state index contributed by atoms with van der Waals surface area (Å²) in [5.41, 5.74) is 0.507. The normalized spacial score (nSPS) is 23.3. The highest BCUT2D eigenvalue weighted by Crippen LogP contribution is 2.47. The first kappa shape index (κ1) is 12.4. The third-order valence-electron chi connectivity index (χ3n) is 3.82. The van der Waals surface area contributed by atoms with Crippen LogP contribution in [0.15, 0.2) is 40.8 Å². The molecule has 3 atom stereocenters. The molecular formula is C16H17FO2. The van der Waals surface area contributed by atoms with Gasteiger partial charge in [-0.3, -0.25) is 0 Å². The van der Waals surface area contributed by atoms with Crippen molar-refractivity contribution in [3.63, 3.8) is 0 Å². The summed E-state index contributed by atoms with van der Waals surface area (Å²) >= 11 is 0. The van der Waals surface area contributed by atoms with E-state index >= 15 is 0 Å². The van der Waals surface area contributed by atoms with Crippen molar-refractivity contribution < 1.29 is 13.9 Å². The smallest absolute Gasteiger partial charge is 0.133 e. The minimum absolute atomic E-state index is 0.236. The van der Waals surface area contributed by atoms with Crippen molar-refractivity contribution in [3.8, 4) is 0 Å². The molecule has 3 unspecified atom stereocenters. The number of aliphatic hydroxyl groups excluding tert-OH is 1. The van der Waals surface area contributed by atoms with Crippen molar-refractivity contribution in [2.45, 2.75) is 31.8 Å². The maximum absolute atomic E-state index is 13.5. The van der Waals surface area contributed by atoms with Crippen LogP contribution in [0.4, 0.5) is 4.39 Å². The molecule has 2 aromatic rings. The molecule has 100 valence electrons. The lowest BCUT2D eigenvalue weighted by Gasteiger charge is -2.08. The third kappa shape index (κ3) is 2.56. The Morgan fingerprint density at radius 3 is 2.74 bits per heavy atom. The second kappa shape index (κ2) is 4.82. The van der Waals surface area contributed by atoms with Crippen LogP contribution in [0.2, 0.25) is 0 Å². The van der Waals surface area contributed by atoms with E-state index < -0.39 is 6.10 Å². The van der Waals surface area contributed by atoms with Gasteiger partial charge in [0.05, 0.1) is 0 Å². The van der Waals surface area contributed by atoms with E-state index in [9.17, 15) is 9.50 Å². The first-order chi connectivity index (χ1) is 9.15. The van der Waals surface area contributed by atoms with E-state index in [2.05, 4.69) is 6.92 Å². The van der Waals surface area contributed by atoms with Crippen LogP contribution in [-0.4, -0.2) is 5.11 Å². The summed E-state index contributed by atoms with van der Waals surface area (Å²) in [6, 6.07) is 10.2. The van der Waals surface area contributed by atoms with Gasteiger partial charge in [-0.05, 0) is 36.1 Å². The summed E-state index contributed by atoms with van der Waals surface area (Å²) in [7, 11) is 0. The van der Waals surface area contributed by atoms with Crippen molar-refractivity contribution in [3.05, 3.63) is 59.3 Å². The largest absolute Gasteiger partial charge is 0.463 e. The lowest BCUT2D eigenvalue weighted by Crippen LogP contribution is -2.02. The molecule has 0 bridgehead atoms. The second-order valence-electron chi connectivity index (χ2n) is 5.37. The highest BCUT2D eigenvalue weighted by atomic mass is 19.1. The van der Waals surface area contributed by atoms with Gasteiger partial charge in [-0.1, -0.05) is 25.1 Å². The van der Waals surface area contributed by atoms with Gasteiger partial charge in [0.2, 0.25) is 0 Å². The Morgan fingerprint density at radius 1 is 1.32 bits per heavy atom. The van der Waals surface area contributed by atoms with Gasteiger partial charge >= 0.3 is 0 Å². The molecule has 19 heavy (non-hydrogen) atoms. The molecule has 0 aliphatic heterocycles. The van der Waals surface area contributed by atoms with Crippen LogP contribution >= 0.6 is 0 Å². The Kier molecular flexibility index (Phi) is 3.15. The van der Waals surface area contributed by atoms with Crippen molar-refractivity contribution >= 4 is 0 Å². The number of hydrogen-bond donors (Lipinski definition) is 1. The molecule has 1 N–H and O–H groups in total. The predicted octanol–water partition coefficient (Wildman–Crippen LogP) is 3.82. The quantitative estimate of drug-likeness (QED) is 0.906. The zero-order chi connectivity index (χ0) is 13.4. The highest BCUT2D eigenvalue weighted by molar-refractivity contribution is 5.22. The highest BCUT2D eigenvalue weighted by Gasteiger charge is 2.36. The zero-order valence-electron chi connectivity index (χ0n) is 10.8. The minimum atomic E-state index is -0.792. The maximum atomic E-state index is 13.5. The van der Waals surface area contributed by atoms with Gasteiger partial charge in [-0.15, -0.1) is 0 Å². The van der Waals surface area contributed by atoms with E-state index in [1.165, 1.54) is 6.07 Å². The van der Waals surface area contributed by atoms with Gasteiger partial charge in [0, 0.05) is 12.3 Å². The van der Waals surface area contributed by atoms with Crippen LogP contribution in [-0.2, 0) is 6.42 Å². The Morgan fingerprint density at radius 2 is 2.05 bits per heavy atom. The summed E-state index contributed by atoms with van der Waals surface area (Å²) in [5.74, 6) is 2.34. The van der Waals surface area contributed by atoms with Crippen LogP contribution in [0, 0.1) is 11.7 Å². The summed E-state index contributed by atoms with van der Waals surface area (Å²) in [6.07, 6.45) is 0.593. The number of furan rings is 1. The average Bonchev–Trinajstić information content (AvgIpc) is 2.93. The Hall–Kier alpha value is -1.61. The van der Waals surface area contributed by atoms with E-state index in [0.717, 1.165) is 12.2 Å². The number of benzene rings is 1. The number of aliphatic hydroxyl groups is 1. The molecule has 1 fully saturated rings. The van der Waals surface area contributed by atoms with E-state index in [0.29, 0.717) is 23.2 Å². The molecule has 1 aliphatic rings. The summed E-state index contributed by atoms with van der Waals surface area (Å²) < 4.78 is 19.2. The molecule has 1 aromatic carbocycles. The summed E-state index contributed by atoms with van der Waals surface area (Å²) in [6.45, 7) is 2.18. The second-order valence-corrected chi connectivity index (χ2v) is 5.37. The molecule has 1 aromatic heterocycles. The molecule has 0 amide bonds. The van der Waals surface area contributed by atoms with Crippen LogP contribution in [0.5, 0.6) is 0 Å². The fourth-order valence-electron chi connectivity index (χ4n) is 2.44. The predicted molar refractivity (Wildman–Crippen MR) is 70.3 cm³/mol. The molecule has 0 radical (unpaired) electrons. The molecule has 3 heteroatoms. The van der Waals surface area contributed by atoms with E-state index in [1.807, 2.05) is 6.07 Å². The van der Waals surface area contributed by atoms with E-state index in [-0.39, 0.29) is 12.2 Å². The Bertz CT molecular complexity index is 576. The molecule has 1 saturated carbocycles. The first-order valence-corrected chi connectivity index (χ1v) is 6.66. The van der Waals surface area contributed by atoms with Crippen LogP contribution < -0.4 is 0 Å². The van der Waals surface area contributed by atoms with Crippen LogP contribution in [0.1, 0.15) is 42.5 Å². The van der Waals surface area contributed by atoms with Crippen LogP contribution in [0.3, 0.4) is 0 Å². The molecule has 0 spiro atoms. The SMILES string of the molecule is CC1CC1c1ccc(C(O)Cc2ccccc2F)o1. The topological polar surface area (TPSA) is 33.4 Å². The lowest BCUT2D eigenvalue weighted by atomic mass is 10.1. The molecular weight excluding hydrogens is 243 g/mol. The van der Waals surface area contributed by atoms with Gasteiger partial charge < -0.3 is 9.52 Å². The standard InChI is InChI=1S/C16H17FO2/c1-10-8-12(10)15-6-7-16(19-15)14(18)9-11-4-2-3-5-13(11)17/h2-7,10,12,14,18H,8-9H2,1H3. The summed E-state index contributed by atoms with van der Waals surface area (Å²) in [5, 5.41) is 10.1. The molecule has 3 rings (SSSR count). The summed E-state index contributed by atoms with van der Waals surface area (Å²) in [4.78, 5) is 0. The number of rotatable bonds is 4. The minimum Gasteiger partial charge on any atom is -0.463 e. The molecule has 0 saturated heterocycles. The fourth-order valence-corrected chi connectivity index (χ4v) is 2.44. The average molecular weight is 260 g/mol. The first-order valence-electron chi connectivity index (χ1n) is 6.66. The lowest BCUT2D eigenvalue weighted by molar-refractivity contribution is 0.147. The maximum Gasteiger partial charge on any atom is 0.133 e.